The van der Waals surface area contributed by atoms with E-state index in [-0.39, 0.29) is 18.5 Å². The van der Waals surface area contributed by atoms with Crippen molar-refractivity contribution in [2.45, 2.75) is 33.0 Å². The zero-order valence-corrected chi connectivity index (χ0v) is 17.1. The molecule has 160 valence electrons. The second-order valence-corrected chi connectivity index (χ2v) is 6.68. The minimum absolute atomic E-state index is 0.126. The summed E-state index contributed by atoms with van der Waals surface area (Å²) < 4.78 is 24.1. The van der Waals surface area contributed by atoms with E-state index >= 15 is 0 Å². The summed E-state index contributed by atoms with van der Waals surface area (Å²) in [6.45, 7) is 4.95. The van der Waals surface area contributed by atoms with Gasteiger partial charge in [-0.2, -0.15) is 5.10 Å². The van der Waals surface area contributed by atoms with Crippen molar-refractivity contribution in [1.82, 2.24) is 10.7 Å². The van der Waals surface area contributed by atoms with Crippen LogP contribution in [-0.2, 0) is 20.9 Å². The van der Waals surface area contributed by atoms with E-state index in [1.165, 1.54) is 18.3 Å². The average molecular weight is 415 g/mol. The Morgan fingerprint density at radius 2 is 1.83 bits per heavy atom. The molecule has 2 aromatic rings. The highest BCUT2D eigenvalue weighted by Crippen LogP contribution is 2.17. The van der Waals surface area contributed by atoms with Gasteiger partial charge in [-0.1, -0.05) is 24.3 Å². The monoisotopic (exact) mass is 415 g/mol. The Balaban J connectivity index is 1.80. The molecule has 30 heavy (non-hydrogen) atoms. The van der Waals surface area contributed by atoms with Crippen molar-refractivity contribution in [2.75, 3.05) is 13.2 Å². The maximum Gasteiger partial charge on any atom is 0.329 e. The largest absolute Gasteiger partial charge is 0.488 e. The number of ether oxygens (including phenoxy) is 2. The van der Waals surface area contributed by atoms with Crippen LogP contribution in [0.5, 0.6) is 5.75 Å². The molecule has 0 aromatic heterocycles. The first-order valence-electron chi connectivity index (χ1n) is 9.65. The van der Waals surface area contributed by atoms with Gasteiger partial charge in [0.1, 0.15) is 18.2 Å². The van der Waals surface area contributed by atoms with E-state index in [1.807, 2.05) is 13.8 Å². The number of hydrogen-bond donors (Lipinski definition) is 2. The van der Waals surface area contributed by atoms with Crippen LogP contribution in [0.25, 0.3) is 0 Å². The second kappa shape index (κ2) is 12.3. The lowest BCUT2D eigenvalue weighted by molar-refractivity contribution is -0.139. The summed E-state index contributed by atoms with van der Waals surface area (Å²) >= 11 is 0. The Morgan fingerprint density at radius 3 is 2.57 bits per heavy atom. The van der Waals surface area contributed by atoms with Gasteiger partial charge >= 0.3 is 11.8 Å². The van der Waals surface area contributed by atoms with Crippen LogP contribution in [0.3, 0.4) is 0 Å². The fourth-order valence-corrected chi connectivity index (χ4v) is 2.34. The quantitative estimate of drug-likeness (QED) is 0.270. The normalized spacial score (nSPS) is 10.9. The van der Waals surface area contributed by atoms with Crippen LogP contribution in [0, 0.1) is 5.82 Å². The Bertz CT molecular complexity index is 854. The van der Waals surface area contributed by atoms with Crippen molar-refractivity contribution in [1.29, 1.82) is 0 Å². The zero-order valence-electron chi connectivity index (χ0n) is 17.1. The Morgan fingerprint density at radius 1 is 1.10 bits per heavy atom. The molecule has 2 aromatic carbocycles. The fourth-order valence-electron chi connectivity index (χ4n) is 2.34. The summed E-state index contributed by atoms with van der Waals surface area (Å²) in [5.74, 6) is -1.40. The molecule has 0 heterocycles. The molecule has 8 heteroatoms. The minimum Gasteiger partial charge on any atom is -0.488 e. The van der Waals surface area contributed by atoms with Crippen LogP contribution < -0.4 is 15.5 Å². The van der Waals surface area contributed by atoms with Crippen LogP contribution in [0.1, 0.15) is 31.4 Å². The van der Waals surface area contributed by atoms with Crippen LogP contribution in [0.15, 0.2) is 53.6 Å². The number of nitrogens with zero attached hydrogens (tertiary/aromatic N) is 1. The topological polar surface area (TPSA) is 89.0 Å². The molecule has 0 bridgehead atoms. The van der Waals surface area contributed by atoms with Crippen LogP contribution in [0.4, 0.5) is 4.39 Å². The number of nitrogens with one attached hydrogen (secondary N) is 2. The Kier molecular flexibility index (Phi) is 9.47. The molecule has 0 aliphatic carbocycles. The molecule has 7 nitrogen and oxygen atoms in total. The number of carbonyl (C=O) groups is 2. The van der Waals surface area contributed by atoms with E-state index in [2.05, 4.69) is 15.8 Å². The lowest BCUT2D eigenvalue weighted by Gasteiger charge is -2.09. The molecule has 0 aliphatic rings. The van der Waals surface area contributed by atoms with Gasteiger partial charge in [0, 0.05) is 18.7 Å². The SMILES string of the molecule is CC(C)OCCCNC(=O)C(=O)N/N=C\c1ccccc1OCc1ccc(F)cc1. The van der Waals surface area contributed by atoms with Crippen molar-refractivity contribution in [3.05, 3.63) is 65.5 Å². The van der Waals surface area contributed by atoms with Crippen molar-refractivity contribution < 1.29 is 23.5 Å². The zero-order chi connectivity index (χ0) is 21.8. The standard InChI is InChI=1S/C22H26FN3O4/c1-16(2)29-13-5-12-24-21(27)22(28)26-25-14-18-6-3-4-7-20(18)30-15-17-8-10-19(23)11-9-17/h3-4,6-11,14,16H,5,12-13,15H2,1-2H3,(H,24,27)(H,26,28)/b25-14-. The first kappa shape index (κ1) is 23.0. The molecular formula is C22H26FN3O4. The summed E-state index contributed by atoms with van der Waals surface area (Å²) in [7, 11) is 0. The van der Waals surface area contributed by atoms with Gasteiger partial charge in [0.2, 0.25) is 0 Å². The van der Waals surface area contributed by atoms with Crippen LogP contribution in [0.2, 0.25) is 0 Å². The number of para-hydroxylation sites is 1. The maximum atomic E-state index is 13.0. The van der Waals surface area contributed by atoms with E-state index in [9.17, 15) is 14.0 Å². The molecule has 2 rings (SSSR count). The number of carbonyl (C=O) groups excluding carboxylic acids is 2. The first-order chi connectivity index (χ1) is 14.5. The molecule has 0 spiro atoms. The number of halogens is 1. The summed E-state index contributed by atoms with van der Waals surface area (Å²) in [5, 5.41) is 6.32. The number of benzene rings is 2. The Labute approximate surface area is 175 Å². The number of amides is 2. The highest BCUT2D eigenvalue weighted by Gasteiger charge is 2.11. The van der Waals surface area contributed by atoms with Crippen molar-refractivity contribution in [3.63, 3.8) is 0 Å². The molecule has 0 saturated carbocycles. The summed E-state index contributed by atoms with van der Waals surface area (Å²) in [6, 6.07) is 13.1. The van der Waals surface area contributed by atoms with Gasteiger partial charge in [0.15, 0.2) is 0 Å². The van der Waals surface area contributed by atoms with Gasteiger partial charge in [-0.3, -0.25) is 9.59 Å². The first-order valence-corrected chi connectivity index (χ1v) is 9.65. The highest BCUT2D eigenvalue weighted by molar-refractivity contribution is 6.35. The molecular weight excluding hydrogens is 389 g/mol. The number of rotatable bonds is 10. The van der Waals surface area contributed by atoms with Gasteiger partial charge in [-0.15, -0.1) is 0 Å². The van der Waals surface area contributed by atoms with E-state index in [1.54, 1.807) is 36.4 Å². The van der Waals surface area contributed by atoms with Crippen molar-refractivity contribution in [2.24, 2.45) is 5.10 Å². The van der Waals surface area contributed by atoms with E-state index in [4.69, 9.17) is 9.47 Å². The summed E-state index contributed by atoms with van der Waals surface area (Å²) in [4.78, 5) is 23.5. The highest BCUT2D eigenvalue weighted by atomic mass is 19.1. The minimum atomic E-state index is -0.860. The second-order valence-electron chi connectivity index (χ2n) is 6.68. The van der Waals surface area contributed by atoms with Gasteiger partial charge in [-0.25, -0.2) is 9.82 Å². The lowest BCUT2D eigenvalue weighted by Crippen LogP contribution is -2.38. The molecule has 2 amide bonds. The van der Waals surface area contributed by atoms with Crippen LogP contribution >= 0.6 is 0 Å². The summed E-state index contributed by atoms with van der Waals surface area (Å²) in [5.41, 5.74) is 3.62. The third kappa shape index (κ3) is 8.40. The van der Waals surface area contributed by atoms with Crippen LogP contribution in [-0.4, -0.2) is 37.3 Å². The predicted octanol–water partition coefficient (Wildman–Crippen LogP) is 2.79. The van der Waals surface area contributed by atoms with Gasteiger partial charge < -0.3 is 14.8 Å². The van der Waals surface area contributed by atoms with Crippen molar-refractivity contribution >= 4 is 18.0 Å². The molecule has 2 N–H and O–H groups in total. The fraction of sp³-hybridized carbons (Fsp3) is 0.318. The smallest absolute Gasteiger partial charge is 0.329 e. The molecule has 0 aliphatic heterocycles. The molecule has 0 unspecified atom stereocenters. The molecule has 0 radical (unpaired) electrons. The average Bonchev–Trinajstić information content (AvgIpc) is 2.73. The van der Waals surface area contributed by atoms with E-state index in [0.29, 0.717) is 30.9 Å². The number of hydrogen-bond acceptors (Lipinski definition) is 5. The predicted molar refractivity (Wildman–Crippen MR) is 112 cm³/mol. The molecule has 0 atom stereocenters. The maximum absolute atomic E-state index is 13.0. The molecule has 0 fully saturated rings. The lowest BCUT2D eigenvalue weighted by atomic mass is 10.2. The summed E-state index contributed by atoms with van der Waals surface area (Å²) in [6.07, 6.45) is 2.13. The van der Waals surface area contributed by atoms with E-state index in [0.717, 1.165) is 5.56 Å². The Hall–Kier alpha value is -3.26. The van der Waals surface area contributed by atoms with Gasteiger partial charge in [-0.05, 0) is 50.1 Å². The van der Waals surface area contributed by atoms with Crippen molar-refractivity contribution in [3.8, 4) is 5.75 Å². The van der Waals surface area contributed by atoms with Gasteiger partial charge in [0.25, 0.3) is 0 Å². The van der Waals surface area contributed by atoms with E-state index < -0.39 is 11.8 Å². The molecule has 0 saturated heterocycles. The third-order valence-corrected chi connectivity index (χ3v) is 3.86. The number of hydrazone groups is 1. The third-order valence-electron chi connectivity index (χ3n) is 3.86. The van der Waals surface area contributed by atoms with Gasteiger partial charge in [0.05, 0.1) is 12.3 Å².